The molecular weight excluding hydrogens is 264 g/mol. The maximum atomic E-state index is 5.98. The van der Waals surface area contributed by atoms with Gasteiger partial charge in [0.25, 0.3) is 0 Å². The highest BCUT2D eigenvalue weighted by atomic mass is 16.5. The van der Waals surface area contributed by atoms with Crippen molar-refractivity contribution < 1.29 is 4.74 Å². The topological polar surface area (TPSA) is 66.0 Å². The van der Waals surface area contributed by atoms with Crippen LogP contribution in [0.5, 0.6) is 5.75 Å². The van der Waals surface area contributed by atoms with E-state index in [1.165, 1.54) is 18.4 Å². The van der Waals surface area contributed by atoms with E-state index in [1.807, 2.05) is 6.07 Å². The number of rotatable bonds is 5. The predicted octanol–water partition coefficient (Wildman–Crippen LogP) is 2.00. The molecule has 0 amide bonds. The largest absolute Gasteiger partial charge is 0.485 e. The van der Waals surface area contributed by atoms with E-state index in [0.717, 1.165) is 42.3 Å². The van der Waals surface area contributed by atoms with Crippen molar-refractivity contribution in [3.8, 4) is 5.75 Å². The third-order valence-electron chi connectivity index (χ3n) is 3.92. The van der Waals surface area contributed by atoms with Crippen molar-refractivity contribution in [1.29, 1.82) is 0 Å². The molecule has 2 aromatic rings. The van der Waals surface area contributed by atoms with Gasteiger partial charge in [-0.3, -0.25) is 0 Å². The van der Waals surface area contributed by atoms with Gasteiger partial charge in [-0.25, -0.2) is 0 Å². The molecule has 1 aliphatic rings. The third kappa shape index (κ3) is 3.08. The van der Waals surface area contributed by atoms with Crippen LogP contribution < -0.4 is 10.5 Å². The molecule has 2 N–H and O–H groups in total. The van der Waals surface area contributed by atoms with Crippen molar-refractivity contribution in [1.82, 2.24) is 14.8 Å². The van der Waals surface area contributed by atoms with E-state index in [-0.39, 0.29) is 0 Å². The Bertz CT molecular complexity index is 621. The van der Waals surface area contributed by atoms with Gasteiger partial charge in [0.05, 0.1) is 0 Å². The molecule has 0 spiro atoms. The second-order valence-corrected chi connectivity index (χ2v) is 5.58. The summed E-state index contributed by atoms with van der Waals surface area (Å²) in [6.07, 6.45) is 4.25. The van der Waals surface area contributed by atoms with Crippen LogP contribution >= 0.6 is 0 Å². The molecule has 3 rings (SSSR count). The standard InChI is InChI=1S/C16H22N4O/c1-12-5-6-14(13(10-12)7-8-17)21-11-16-19-18-15-4-2-3-9-20(15)16/h5-6,10H,2-4,7-9,11,17H2,1H3. The Balaban J connectivity index is 1.74. The molecule has 0 unspecified atom stereocenters. The van der Waals surface area contributed by atoms with Gasteiger partial charge in [-0.15, -0.1) is 10.2 Å². The Morgan fingerprint density at radius 1 is 1.29 bits per heavy atom. The Hall–Kier alpha value is -1.88. The molecule has 112 valence electrons. The highest BCUT2D eigenvalue weighted by molar-refractivity contribution is 5.37. The van der Waals surface area contributed by atoms with Gasteiger partial charge in [0.1, 0.15) is 18.2 Å². The Morgan fingerprint density at radius 3 is 3.05 bits per heavy atom. The normalized spacial score (nSPS) is 14.0. The molecule has 5 nitrogen and oxygen atoms in total. The molecule has 0 aliphatic carbocycles. The van der Waals surface area contributed by atoms with Gasteiger partial charge >= 0.3 is 0 Å². The summed E-state index contributed by atoms with van der Waals surface area (Å²) in [6, 6.07) is 6.23. The van der Waals surface area contributed by atoms with Crippen LogP contribution in [0, 0.1) is 6.92 Å². The number of nitrogens with zero attached hydrogens (tertiary/aromatic N) is 3. The number of aromatic nitrogens is 3. The molecule has 0 bridgehead atoms. The molecule has 2 heterocycles. The quantitative estimate of drug-likeness (QED) is 0.913. The van der Waals surface area contributed by atoms with E-state index in [9.17, 15) is 0 Å². The van der Waals surface area contributed by atoms with Crippen molar-refractivity contribution in [2.75, 3.05) is 6.54 Å². The maximum Gasteiger partial charge on any atom is 0.171 e. The summed E-state index contributed by atoms with van der Waals surface area (Å²) in [5.74, 6) is 2.91. The van der Waals surface area contributed by atoms with Crippen LogP contribution in [0.3, 0.4) is 0 Å². The van der Waals surface area contributed by atoms with Crippen LogP contribution in [0.4, 0.5) is 0 Å². The molecule has 5 heteroatoms. The Morgan fingerprint density at radius 2 is 2.19 bits per heavy atom. The van der Waals surface area contributed by atoms with Crippen molar-refractivity contribution in [3.63, 3.8) is 0 Å². The first-order valence-corrected chi connectivity index (χ1v) is 7.61. The summed E-state index contributed by atoms with van der Waals surface area (Å²) in [7, 11) is 0. The zero-order valence-electron chi connectivity index (χ0n) is 12.5. The number of fused-ring (bicyclic) bond motifs is 1. The molecule has 1 aliphatic heterocycles. The number of aryl methyl sites for hydroxylation is 2. The molecule has 0 saturated heterocycles. The van der Waals surface area contributed by atoms with E-state index in [4.69, 9.17) is 10.5 Å². The zero-order valence-corrected chi connectivity index (χ0v) is 12.5. The van der Waals surface area contributed by atoms with E-state index >= 15 is 0 Å². The monoisotopic (exact) mass is 286 g/mol. The van der Waals surface area contributed by atoms with Crippen molar-refractivity contribution in [2.45, 2.75) is 45.8 Å². The van der Waals surface area contributed by atoms with Crippen LogP contribution in [0.2, 0.25) is 0 Å². The van der Waals surface area contributed by atoms with Gasteiger partial charge in [0.2, 0.25) is 0 Å². The minimum atomic E-state index is 0.466. The maximum absolute atomic E-state index is 5.98. The summed E-state index contributed by atoms with van der Waals surface area (Å²) >= 11 is 0. The number of hydrogen-bond acceptors (Lipinski definition) is 4. The molecule has 1 aromatic heterocycles. The summed E-state index contributed by atoms with van der Waals surface area (Å²) in [4.78, 5) is 0. The zero-order chi connectivity index (χ0) is 14.7. The van der Waals surface area contributed by atoms with Crippen LogP contribution in [-0.4, -0.2) is 21.3 Å². The predicted molar refractivity (Wildman–Crippen MR) is 81.2 cm³/mol. The van der Waals surface area contributed by atoms with Gasteiger partial charge in [0.15, 0.2) is 5.82 Å². The van der Waals surface area contributed by atoms with E-state index < -0.39 is 0 Å². The summed E-state index contributed by atoms with van der Waals surface area (Å²) in [5.41, 5.74) is 8.07. The average molecular weight is 286 g/mol. The van der Waals surface area contributed by atoms with E-state index in [0.29, 0.717) is 13.2 Å². The second kappa shape index (κ2) is 6.26. The van der Waals surface area contributed by atoms with Crippen LogP contribution in [0.1, 0.15) is 35.6 Å². The van der Waals surface area contributed by atoms with E-state index in [2.05, 4.69) is 33.8 Å². The molecule has 21 heavy (non-hydrogen) atoms. The molecule has 0 fully saturated rings. The molecule has 0 saturated carbocycles. The summed E-state index contributed by atoms with van der Waals surface area (Å²) in [5, 5.41) is 8.52. The summed E-state index contributed by atoms with van der Waals surface area (Å²) in [6.45, 7) is 4.18. The van der Waals surface area contributed by atoms with Gasteiger partial charge in [0, 0.05) is 13.0 Å². The molecular formula is C16H22N4O. The molecule has 0 atom stereocenters. The lowest BCUT2D eigenvalue weighted by atomic mass is 10.1. The van der Waals surface area contributed by atoms with Crippen LogP contribution in [0.25, 0.3) is 0 Å². The smallest absolute Gasteiger partial charge is 0.171 e. The number of benzene rings is 1. The van der Waals surface area contributed by atoms with Crippen molar-refractivity contribution >= 4 is 0 Å². The Labute approximate surface area is 125 Å². The van der Waals surface area contributed by atoms with Crippen LogP contribution in [0.15, 0.2) is 18.2 Å². The minimum Gasteiger partial charge on any atom is -0.485 e. The van der Waals surface area contributed by atoms with Gasteiger partial charge < -0.3 is 15.0 Å². The third-order valence-corrected chi connectivity index (χ3v) is 3.92. The van der Waals surface area contributed by atoms with Crippen molar-refractivity contribution in [3.05, 3.63) is 41.0 Å². The first-order valence-electron chi connectivity index (χ1n) is 7.61. The minimum absolute atomic E-state index is 0.466. The number of nitrogens with two attached hydrogens (primary N) is 1. The highest BCUT2D eigenvalue weighted by Crippen LogP contribution is 2.22. The highest BCUT2D eigenvalue weighted by Gasteiger charge is 2.16. The first-order chi connectivity index (χ1) is 10.3. The second-order valence-electron chi connectivity index (χ2n) is 5.58. The molecule has 0 radical (unpaired) electrons. The van der Waals surface area contributed by atoms with Gasteiger partial charge in [-0.2, -0.15) is 0 Å². The SMILES string of the molecule is Cc1ccc(OCc2nnc3n2CCCC3)c(CCN)c1. The summed E-state index contributed by atoms with van der Waals surface area (Å²) < 4.78 is 8.17. The lowest BCUT2D eigenvalue weighted by Gasteiger charge is -2.16. The van der Waals surface area contributed by atoms with Crippen LogP contribution in [-0.2, 0) is 26.0 Å². The average Bonchev–Trinajstić information content (AvgIpc) is 2.90. The number of hydrogen-bond donors (Lipinski definition) is 1. The fourth-order valence-electron chi connectivity index (χ4n) is 2.82. The van der Waals surface area contributed by atoms with Gasteiger partial charge in [-0.1, -0.05) is 17.7 Å². The number of ether oxygens (including phenoxy) is 1. The fraction of sp³-hybridized carbons (Fsp3) is 0.500. The molecule has 1 aromatic carbocycles. The fourth-order valence-corrected chi connectivity index (χ4v) is 2.82. The van der Waals surface area contributed by atoms with Gasteiger partial charge in [-0.05, 0) is 44.4 Å². The lowest BCUT2D eigenvalue weighted by molar-refractivity contribution is 0.283. The Kier molecular flexibility index (Phi) is 4.20. The van der Waals surface area contributed by atoms with Crippen molar-refractivity contribution in [2.24, 2.45) is 5.73 Å². The first kappa shape index (κ1) is 14.1. The lowest BCUT2D eigenvalue weighted by Crippen LogP contribution is -2.15. The van der Waals surface area contributed by atoms with E-state index in [1.54, 1.807) is 0 Å².